The molecule has 1 amide bonds. The summed E-state index contributed by atoms with van der Waals surface area (Å²) < 4.78 is 10.5. The number of carbonyl (C=O) groups excluding carboxylic acids is 1. The Bertz CT molecular complexity index is 710. The van der Waals surface area contributed by atoms with E-state index in [-0.39, 0.29) is 17.4 Å². The summed E-state index contributed by atoms with van der Waals surface area (Å²) >= 11 is 0. The zero-order valence-electron chi connectivity index (χ0n) is 13.9. The molecular weight excluding hydrogens is 312 g/mol. The predicted octanol–water partition coefficient (Wildman–Crippen LogP) is 0.345. The number of nitriles is 2. The summed E-state index contributed by atoms with van der Waals surface area (Å²) in [6.45, 7) is 7.48. The van der Waals surface area contributed by atoms with E-state index in [1.807, 2.05) is 5.01 Å². The fourth-order valence-electron chi connectivity index (χ4n) is 1.94. The van der Waals surface area contributed by atoms with Crippen LogP contribution in [0.2, 0.25) is 0 Å². The fraction of sp³-hybridized carbons (Fsp3) is 0.533. The van der Waals surface area contributed by atoms with Crippen molar-refractivity contribution in [2.24, 2.45) is 5.41 Å². The molecule has 2 rings (SSSR count). The van der Waals surface area contributed by atoms with Crippen LogP contribution >= 0.6 is 0 Å². The fourth-order valence-corrected chi connectivity index (χ4v) is 1.94. The number of amides is 1. The average molecular weight is 331 g/mol. The molecule has 1 aliphatic rings. The lowest BCUT2D eigenvalue weighted by atomic mass is 9.96. The highest BCUT2D eigenvalue weighted by atomic mass is 16.5. The molecule has 1 aromatic rings. The monoisotopic (exact) mass is 331 g/mol. The molecule has 1 aliphatic heterocycles. The molecule has 0 radical (unpaired) electrons. The van der Waals surface area contributed by atoms with Crippen molar-refractivity contribution in [3.63, 3.8) is 0 Å². The quantitative estimate of drug-likeness (QED) is 0.626. The molecule has 0 aromatic carbocycles. The Morgan fingerprint density at radius 2 is 1.96 bits per heavy atom. The highest BCUT2D eigenvalue weighted by molar-refractivity contribution is 5.94. The molecule has 9 nitrogen and oxygen atoms in total. The third-order valence-electron chi connectivity index (χ3n) is 3.34. The molecule has 0 aliphatic carbocycles. The number of ether oxygens (including phenoxy) is 1. The molecule has 1 fully saturated rings. The molecule has 0 atom stereocenters. The highest BCUT2D eigenvalue weighted by Gasteiger charge is 2.33. The topological polar surface area (TPSA) is 119 Å². The molecule has 9 heteroatoms. The summed E-state index contributed by atoms with van der Waals surface area (Å²) in [4.78, 5) is 13.6. The van der Waals surface area contributed by atoms with E-state index in [9.17, 15) is 4.79 Å². The molecule has 126 valence electrons. The van der Waals surface area contributed by atoms with Crippen molar-refractivity contribution in [2.75, 3.05) is 36.6 Å². The Hall–Kier alpha value is -2.91. The number of anilines is 1. The van der Waals surface area contributed by atoms with Gasteiger partial charge in [-0.3, -0.25) is 14.6 Å². The molecular formula is C15H19N6O3+. The van der Waals surface area contributed by atoms with Crippen LogP contribution in [0.5, 0.6) is 0 Å². The predicted molar refractivity (Wildman–Crippen MR) is 82.8 cm³/mol. The van der Waals surface area contributed by atoms with Gasteiger partial charge >= 0.3 is 11.6 Å². The van der Waals surface area contributed by atoms with Gasteiger partial charge in [0.15, 0.2) is 0 Å². The zero-order valence-corrected chi connectivity index (χ0v) is 13.9. The van der Waals surface area contributed by atoms with Gasteiger partial charge in [0.05, 0.1) is 37.2 Å². The molecule has 1 N–H and O–H groups in total. The number of morpholine rings is 1. The van der Waals surface area contributed by atoms with Crippen molar-refractivity contribution >= 4 is 17.9 Å². The van der Waals surface area contributed by atoms with Crippen molar-refractivity contribution in [2.45, 2.75) is 20.8 Å². The Morgan fingerprint density at radius 3 is 2.50 bits per heavy atom. The first-order valence-electron chi connectivity index (χ1n) is 7.45. The van der Waals surface area contributed by atoms with Gasteiger partial charge < -0.3 is 4.74 Å². The summed E-state index contributed by atoms with van der Waals surface area (Å²) in [7, 11) is 0. The van der Waals surface area contributed by atoms with Crippen LogP contribution in [0.4, 0.5) is 5.88 Å². The molecule has 24 heavy (non-hydrogen) atoms. The van der Waals surface area contributed by atoms with Crippen molar-refractivity contribution < 1.29 is 18.8 Å². The number of nitrogens with one attached hydrogen (secondary N) is 1. The van der Waals surface area contributed by atoms with Crippen LogP contribution < -0.4 is 15.1 Å². The van der Waals surface area contributed by atoms with Crippen LogP contribution in [0.15, 0.2) is 10.1 Å². The first-order valence-corrected chi connectivity index (χ1v) is 7.45. The number of rotatable bonds is 3. The van der Waals surface area contributed by atoms with Crippen LogP contribution in [0.1, 0.15) is 26.5 Å². The number of aromatic nitrogens is 2. The highest BCUT2D eigenvalue weighted by Crippen LogP contribution is 2.20. The lowest BCUT2D eigenvalue weighted by molar-refractivity contribution is -0.761. The second-order valence-electron chi connectivity index (χ2n) is 6.23. The molecule has 0 bridgehead atoms. The lowest BCUT2D eigenvalue weighted by Crippen LogP contribution is -2.64. The van der Waals surface area contributed by atoms with E-state index in [0.717, 1.165) is 0 Å². The third-order valence-corrected chi connectivity index (χ3v) is 3.34. The van der Waals surface area contributed by atoms with E-state index in [0.29, 0.717) is 32.0 Å². The van der Waals surface area contributed by atoms with Gasteiger partial charge in [-0.25, -0.2) is 0 Å². The minimum atomic E-state index is -0.634. The Balaban J connectivity index is 2.42. The molecule has 0 spiro atoms. The van der Waals surface area contributed by atoms with Gasteiger partial charge in [0.1, 0.15) is 17.7 Å². The number of nitrogens with zero attached hydrogens (tertiary/aromatic N) is 5. The van der Waals surface area contributed by atoms with Gasteiger partial charge in [0, 0.05) is 5.41 Å². The molecule has 0 unspecified atom stereocenters. The summed E-state index contributed by atoms with van der Waals surface area (Å²) in [6, 6.07) is 3.58. The maximum atomic E-state index is 12.2. The Morgan fingerprint density at radius 1 is 1.33 bits per heavy atom. The summed E-state index contributed by atoms with van der Waals surface area (Å²) in [5, 5.41) is 26.4. The maximum Gasteiger partial charge on any atom is 0.333 e. The zero-order chi connectivity index (χ0) is 17.7. The summed E-state index contributed by atoms with van der Waals surface area (Å²) in [5.74, 6) is -0.178. The summed E-state index contributed by atoms with van der Waals surface area (Å²) in [5.41, 5.74) is -0.427. The second-order valence-corrected chi connectivity index (χ2v) is 6.23. The van der Waals surface area contributed by atoms with Crippen molar-refractivity contribution in [3.05, 3.63) is 11.3 Å². The average Bonchev–Trinajstić information content (AvgIpc) is 2.95. The van der Waals surface area contributed by atoms with Gasteiger partial charge in [0.2, 0.25) is 11.2 Å². The van der Waals surface area contributed by atoms with Gasteiger partial charge in [-0.15, -0.1) is 5.01 Å². The maximum absolute atomic E-state index is 12.2. The standard InChI is InChI=1S/C15H18N6O3/c1-15(2,3)14(22)18-13-12(8-11(9-16)10-17)21(19-24-13)20-4-6-23-7-5-20/h8H,4-7H2,1-3H3/p+1. The summed E-state index contributed by atoms with van der Waals surface area (Å²) in [6.07, 6.45) is 1.34. The van der Waals surface area contributed by atoms with E-state index < -0.39 is 5.41 Å². The van der Waals surface area contributed by atoms with Gasteiger partial charge in [-0.05, 0) is 0 Å². The normalized spacial score (nSPS) is 14.5. The second kappa shape index (κ2) is 7.11. The van der Waals surface area contributed by atoms with Gasteiger partial charge in [0.25, 0.3) is 0 Å². The first kappa shape index (κ1) is 17.4. The minimum Gasteiger partial charge on any atom is -0.377 e. The Kier molecular flexibility index (Phi) is 5.17. The van der Waals surface area contributed by atoms with E-state index >= 15 is 0 Å². The van der Waals surface area contributed by atoms with Crippen LogP contribution in [0.3, 0.4) is 0 Å². The molecule has 2 heterocycles. The number of hydrogen-bond donors (Lipinski definition) is 1. The van der Waals surface area contributed by atoms with Crippen LogP contribution in [-0.4, -0.2) is 37.5 Å². The third kappa shape index (κ3) is 3.89. The van der Waals surface area contributed by atoms with Crippen molar-refractivity contribution in [3.8, 4) is 12.1 Å². The van der Waals surface area contributed by atoms with Crippen LogP contribution in [0, 0.1) is 28.1 Å². The SMILES string of the molecule is CC(C)(C)C(=O)Nc1on[n+](N2CCOCC2)c1C=C(C#N)C#N. The molecule has 1 saturated heterocycles. The van der Waals surface area contributed by atoms with E-state index in [2.05, 4.69) is 10.6 Å². The van der Waals surface area contributed by atoms with Crippen molar-refractivity contribution in [1.82, 2.24) is 5.27 Å². The van der Waals surface area contributed by atoms with Crippen molar-refractivity contribution in [1.29, 1.82) is 10.5 Å². The first-order chi connectivity index (χ1) is 11.4. The molecule has 1 aromatic heterocycles. The minimum absolute atomic E-state index is 0.0874. The number of allylic oxidation sites excluding steroid dienone is 1. The van der Waals surface area contributed by atoms with E-state index in [1.165, 1.54) is 10.9 Å². The largest absolute Gasteiger partial charge is 0.377 e. The Labute approximate surface area is 139 Å². The van der Waals surface area contributed by atoms with E-state index in [1.54, 1.807) is 32.9 Å². The number of hydrogen-bond acceptors (Lipinski definition) is 7. The van der Waals surface area contributed by atoms with Gasteiger partial charge in [-0.1, -0.05) is 20.8 Å². The number of carbonyl (C=O) groups is 1. The lowest BCUT2D eigenvalue weighted by Gasteiger charge is -2.19. The van der Waals surface area contributed by atoms with Gasteiger partial charge in [-0.2, -0.15) is 10.5 Å². The van der Waals surface area contributed by atoms with Crippen LogP contribution in [-0.2, 0) is 9.53 Å². The smallest absolute Gasteiger partial charge is 0.333 e. The van der Waals surface area contributed by atoms with Crippen LogP contribution in [0.25, 0.3) is 6.08 Å². The molecule has 0 saturated carbocycles. The van der Waals surface area contributed by atoms with E-state index in [4.69, 9.17) is 19.8 Å².